The van der Waals surface area contributed by atoms with Crippen LogP contribution in [0, 0.1) is 5.92 Å². The van der Waals surface area contributed by atoms with Crippen LogP contribution in [-0.4, -0.2) is 13.1 Å². The van der Waals surface area contributed by atoms with Gasteiger partial charge in [-0.05, 0) is 49.0 Å². The van der Waals surface area contributed by atoms with Gasteiger partial charge in [0.25, 0.3) is 0 Å². The molecule has 1 fully saturated rings. The summed E-state index contributed by atoms with van der Waals surface area (Å²) < 4.78 is 37.6. The molecule has 108 valence electrons. The molecule has 0 aliphatic carbocycles. The molecule has 6 heteroatoms. The molecule has 1 saturated heterocycles. The first-order chi connectivity index (χ1) is 8.39. The highest BCUT2D eigenvalue weighted by atomic mass is 35.5. The second kappa shape index (κ2) is 6.33. The molecular weight excluding hydrogens is 298 g/mol. The quantitative estimate of drug-likeness (QED) is 0.805. The predicted molar refractivity (Wildman–Crippen MR) is 73.1 cm³/mol. The molecule has 1 aliphatic heterocycles. The number of hydrogen-bond acceptors (Lipinski definition) is 1. The lowest BCUT2D eigenvalue weighted by Gasteiger charge is -2.30. The molecule has 1 aromatic carbocycles. The van der Waals surface area contributed by atoms with Crippen LogP contribution >= 0.6 is 24.0 Å². The van der Waals surface area contributed by atoms with E-state index in [1.807, 2.05) is 0 Å². The van der Waals surface area contributed by atoms with E-state index >= 15 is 0 Å². The second-order valence-electron chi connectivity index (χ2n) is 4.81. The van der Waals surface area contributed by atoms with Crippen molar-refractivity contribution in [3.05, 3.63) is 34.3 Å². The molecular formula is C13H16Cl2F3N. The summed E-state index contributed by atoms with van der Waals surface area (Å²) in [5, 5.41) is 3.49. The Morgan fingerprint density at radius 1 is 1.32 bits per heavy atom. The van der Waals surface area contributed by atoms with Gasteiger partial charge in [0, 0.05) is 5.02 Å². The van der Waals surface area contributed by atoms with Gasteiger partial charge in [-0.3, -0.25) is 0 Å². The number of rotatable bonds is 1. The van der Waals surface area contributed by atoms with Crippen molar-refractivity contribution in [2.24, 2.45) is 5.92 Å². The summed E-state index contributed by atoms with van der Waals surface area (Å²) in [6.45, 7) is 3.85. The van der Waals surface area contributed by atoms with E-state index in [1.54, 1.807) is 0 Å². The molecule has 0 spiro atoms. The van der Waals surface area contributed by atoms with Crippen molar-refractivity contribution in [3.63, 3.8) is 0 Å². The van der Waals surface area contributed by atoms with E-state index in [1.165, 1.54) is 6.07 Å². The number of benzene rings is 1. The lowest BCUT2D eigenvalue weighted by atomic mass is 9.82. The summed E-state index contributed by atoms with van der Waals surface area (Å²) in [6, 6.07) is 3.68. The zero-order valence-electron chi connectivity index (χ0n) is 10.4. The van der Waals surface area contributed by atoms with Gasteiger partial charge in [0.2, 0.25) is 0 Å². The molecule has 1 N–H and O–H groups in total. The largest absolute Gasteiger partial charge is 0.416 e. The highest BCUT2D eigenvalue weighted by Gasteiger charge is 2.32. The topological polar surface area (TPSA) is 12.0 Å². The Bertz CT molecular complexity index is 434. The zero-order valence-corrected chi connectivity index (χ0v) is 12.0. The summed E-state index contributed by atoms with van der Waals surface area (Å²) in [4.78, 5) is 0. The van der Waals surface area contributed by atoms with Crippen molar-refractivity contribution in [2.75, 3.05) is 13.1 Å². The average Bonchev–Trinajstić information content (AvgIpc) is 2.29. The maximum absolute atomic E-state index is 12.5. The van der Waals surface area contributed by atoms with Crippen molar-refractivity contribution in [1.29, 1.82) is 0 Å². The molecule has 1 aromatic rings. The molecule has 0 unspecified atom stereocenters. The third-order valence-corrected chi connectivity index (χ3v) is 3.84. The highest BCUT2D eigenvalue weighted by molar-refractivity contribution is 6.31. The minimum atomic E-state index is -4.33. The first-order valence-corrected chi connectivity index (χ1v) is 6.34. The maximum Gasteiger partial charge on any atom is 0.416 e. The first-order valence-electron chi connectivity index (χ1n) is 5.97. The molecule has 0 saturated carbocycles. The number of alkyl halides is 3. The smallest absolute Gasteiger partial charge is 0.316 e. The van der Waals surface area contributed by atoms with Crippen LogP contribution in [0.15, 0.2) is 18.2 Å². The van der Waals surface area contributed by atoms with Crippen LogP contribution in [-0.2, 0) is 6.18 Å². The Balaban J connectivity index is 0.00000180. The van der Waals surface area contributed by atoms with Crippen molar-refractivity contribution in [1.82, 2.24) is 5.32 Å². The van der Waals surface area contributed by atoms with Crippen molar-refractivity contribution >= 4 is 24.0 Å². The molecule has 0 bridgehead atoms. The number of hydrogen-bond donors (Lipinski definition) is 1. The normalized spacial score (nSPS) is 23.8. The van der Waals surface area contributed by atoms with Crippen molar-refractivity contribution in [2.45, 2.75) is 25.4 Å². The molecule has 0 radical (unpaired) electrons. The maximum atomic E-state index is 12.5. The Hall–Kier alpha value is -0.450. The Kier molecular flexibility index (Phi) is 5.53. The van der Waals surface area contributed by atoms with Crippen LogP contribution < -0.4 is 5.32 Å². The van der Waals surface area contributed by atoms with Crippen LogP contribution in [0.4, 0.5) is 13.2 Å². The molecule has 1 nitrogen and oxygen atoms in total. The molecule has 2 rings (SSSR count). The van der Waals surface area contributed by atoms with Crippen LogP contribution in [0.2, 0.25) is 5.02 Å². The average molecular weight is 314 g/mol. The SMILES string of the molecule is C[C@@H]1CNCC[C@@H]1c1ccc(C(F)(F)F)cc1Cl.Cl. The standard InChI is InChI=1S/C13H15ClF3N.ClH/c1-8-7-18-5-4-10(8)11-3-2-9(6-12(11)14)13(15,16)17;/h2-3,6,8,10,18H,4-5,7H2,1H3;1H/t8-,10+;/m1./s1. The van der Waals surface area contributed by atoms with Gasteiger partial charge in [0.05, 0.1) is 5.56 Å². The lowest BCUT2D eigenvalue weighted by Crippen LogP contribution is -2.33. The molecule has 0 aromatic heterocycles. The molecule has 19 heavy (non-hydrogen) atoms. The highest BCUT2D eigenvalue weighted by Crippen LogP contribution is 2.38. The third kappa shape index (κ3) is 3.77. The Morgan fingerprint density at radius 2 is 2.00 bits per heavy atom. The van der Waals surface area contributed by atoms with Gasteiger partial charge < -0.3 is 5.32 Å². The third-order valence-electron chi connectivity index (χ3n) is 3.51. The van der Waals surface area contributed by atoms with Gasteiger partial charge in [0.15, 0.2) is 0 Å². The zero-order chi connectivity index (χ0) is 13.3. The molecule has 0 amide bonds. The number of piperidine rings is 1. The summed E-state index contributed by atoms with van der Waals surface area (Å²) >= 11 is 6.01. The van der Waals surface area contributed by atoms with Crippen LogP contribution in [0.3, 0.4) is 0 Å². The van der Waals surface area contributed by atoms with E-state index in [2.05, 4.69) is 12.2 Å². The van der Waals surface area contributed by atoms with Crippen molar-refractivity contribution in [3.8, 4) is 0 Å². The van der Waals surface area contributed by atoms with Gasteiger partial charge in [-0.2, -0.15) is 13.2 Å². The van der Waals surface area contributed by atoms with Crippen molar-refractivity contribution < 1.29 is 13.2 Å². The monoisotopic (exact) mass is 313 g/mol. The van der Waals surface area contributed by atoms with Crippen LogP contribution in [0.25, 0.3) is 0 Å². The fraction of sp³-hybridized carbons (Fsp3) is 0.538. The van der Waals surface area contributed by atoms with Gasteiger partial charge in [-0.1, -0.05) is 24.6 Å². The van der Waals surface area contributed by atoms with Crippen LogP contribution in [0.5, 0.6) is 0 Å². The fourth-order valence-electron chi connectivity index (χ4n) is 2.48. The summed E-state index contributed by atoms with van der Waals surface area (Å²) in [6.07, 6.45) is -3.42. The Labute approximate surface area is 121 Å². The van der Waals surface area contributed by atoms with Gasteiger partial charge in [-0.25, -0.2) is 0 Å². The van der Waals surface area contributed by atoms with E-state index in [4.69, 9.17) is 11.6 Å². The minimum absolute atomic E-state index is 0. The molecule has 1 aliphatic rings. The minimum Gasteiger partial charge on any atom is -0.316 e. The van der Waals surface area contributed by atoms with E-state index in [-0.39, 0.29) is 23.3 Å². The predicted octanol–water partition coefficient (Wildman–Crippen LogP) is 4.49. The second-order valence-corrected chi connectivity index (χ2v) is 5.22. The molecule has 1 heterocycles. The van der Waals surface area contributed by atoms with Crippen LogP contribution in [0.1, 0.15) is 30.4 Å². The van der Waals surface area contributed by atoms with Gasteiger partial charge >= 0.3 is 6.18 Å². The van der Waals surface area contributed by atoms with E-state index in [0.717, 1.165) is 37.2 Å². The fourth-order valence-corrected chi connectivity index (χ4v) is 2.80. The van der Waals surface area contributed by atoms with E-state index in [0.29, 0.717) is 5.92 Å². The molecule has 2 atom stereocenters. The van der Waals surface area contributed by atoms with E-state index < -0.39 is 11.7 Å². The summed E-state index contributed by atoms with van der Waals surface area (Å²) in [5.41, 5.74) is 0.150. The van der Waals surface area contributed by atoms with Gasteiger partial charge in [-0.15, -0.1) is 12.4 Å². The number of halogens is 5. The van der Waals surface area contributed by atoms with E-state index in [9.17, 15) is 13.2 Å². The number of nitrogens with one attached hydrogen (secondary N) is 1. The van der Waals surface area contributed by atoms with Gasteiger partial charge in [0.1, 0.15) is 0 Å². The summed E-state index contributed by atoms with van der Waals surface area (Å²) in [7, 11) is 0. The summed E-state index contributed by atoms with van der Waals surface area (Å²) in [5.74, 6) is 0.619. The Morgan fingerprint density at radius 3 is 2.53 bits per heavy atom. The first kappa shape index (κ1) is 16.6. The lowest BCUT2D eigenvalue weighted by molar-refractivity contribution is -0.137.